The van der Waals surface area contributed by atoms with Crippen LogP contribution in [0.2, 0.25) is 0 Å². The van der Waals surface area contributed by atoms with E-state index < -0.39 is 44.7 Å². The zero-order valence-corrected chi connectivity index (χ0v) is 16.3. The molecule has 9 heteroatoms. The maximum Gasteiger partial charge on any atom is 0.497 e. The largest absolute Gasteiger partial charge is 0.497 e. The summed E-state index contributed by atoms with van der Waals surface area (Å²) in [6.45, 7) is 7.20. The lowest BCUT2D eigenvalue weighted by molar-refractivity contribution is 0.00578. The van der Waals surface area contributed by atoms with Crippen LogP contribution in [0, 0.1) is 11.6 Å². The highest BCUT2D eigenvalue weighted by Crippen LogP contribution is 2.45. The Kier molecular flexibility index (Phi) is 4.54. The molecule has 1 saturated carbocycles. The molecule has 3 rings (SSSR count). The Balaban J connectivity index is 2.15. The van der Waals surface area contributed by atoms with Gasteiger partial charge in [0, 0.05) is 11.0 Å². The highest BCUT2D eigenvalue weighted by atomic mass is 32.2. The van der Waals surface area contributed by atoms with Gasteiger partial charge in [-0.25, -0.2) is 22.3 Å². The smallest absolute Gasteiger partial charge is 0.399 e. The van der Waals surface area contributed by atoms with E-state index >= 15 is 4.39 Å². The molecule has 144 valence electrons. The van der Waals surface area contributed by atoms with Gasteiger partial charge in [0.05, 0.1) is 11.2 Å². The molecule has 0 atom stereocenters. The summed E-state index contributed by atoms with van der Waals surface area (Å²) in [5.41, 5.74) is -1.85. The molecule has 2 N–H and O–H groups in total. The van der Waals surface area contributed by atoms with Crippen LogP contribution in [0.4, 0.5) is 8.78 Å². The molecule has 1 aliphatic carbocycles. The summed E-state index contributed by atoms with van der Waals surface area (Å²) in [7, 11) is -5.26. The van der Waals surface area contributed by atoms with E-state index in [1.807, 2.05) is 0 Å². The molecule has 1 aromatic rings. The molecule has 0 bridgehead atoms. The number of benzene rings is 1. The molecule has 0 radical (unpaired) electrons. The Morgan fingerprint density at radius 3 is 2.00 bits per heavy atom. The van der Waals surface area contributed by atoms with E-state index in [-0.39, 0.29) is 23.9 Å². The van der Waals surface area contributed by atoms with E-state index in [0.29, 0.717) is 12.8 Å². The van der Waals surface area contributed by atoms with E-state index in [9.17, 15) is 12.8 Å². The molecule has 2 fully saturated rings. The monoisotopic (exact) mass is 387 g/mol. The summed E-state index contributed by atoms with van der Waals surface area (Å²) < 4.78 is 64.3. The van der Waals surface area contributed by atoms with Crippen LogP contribution in [0.3, 0.4) is 0 Å². The van der Waals surface area contributed by atoms with Crippen molar-refractivity contribution in [3.63, 3.8) is 0 Å². The minimum atomic E-state index is -4.13. The second-order valence-corrected chi connectivity index (χ2v) is 10.1. The second kappa shape index (κ2) is 5.99. The van der Waals surface area contributed by atoms with Crippen molar-refractivity contribution in [2.75, 3.05) is 0 Å². The SMILES string of the molecule is CC1(C)OB(c2cc(F)cc(C3(S(N)(=O)=O)CCCC3)c2F)OC1(C)C. The molecule has 1 heterocycles. The molecule has 5 nitrogen and oxygen atoms in total. The number of nitrogens with two attached hydrogens (primary N) is 1. The van der Waals surface area contributed by atoms with Gasteiger partial charge in [-0.15, -0.1) is 0 Å². The van der Waals surface area contributed by atoms with Crippen LogP contribution in [0.1, 0.15) is 58.9 Å². The average Bonchev–Trinajstić information content (AvgIpc) is 3.05. The first-order chi connectivity index (χ1) is 11.8. The third kappa shape index (κ3) is 2.89. The minimum absolute atomic E-state index is 0.145. The van der Waals surface area contributed by atoms with Crippen LogP contribution in [0.25, 0.3) is 0 Å². The van der Waals surface area contributed by atoms with Gasteiger partial charge in [0.2, 0.25) is 10.0 Å². The van der Waals surface area contributed by atoms with Gasteiger partial charge in [-0.2, -0.15) is 0 Å². The van der Waals surface area contributed by atoms with Gasteiger partial charge in [-0.1, -0.05) is 12.8 Å². The van der Waals surface area contributed by atoms with Gasteiger partial charge in [0.1, 0.15) is 16.4 Å². The molecule has 0 amide bonds. The fraction of sp³-hybridized carbons (Fsp3) is 0.647. The first kappa shape index (κ1) is 19.7. The van der Waals surface area contributed by atoms with Crippen molar-refractivity contribution in [2.45, 2.75) is 69.3 Å². The summed E-state index contributed by atoms with van der Waals surface area (Å²) >= 11 is 0. The standard InChI is InChI=1S/C17H24BF2NO4S/c1-15(2)16(3,4)25-18(24-15)13-10-11(19)9-12(14(13)20)17(26(21,22)23)7-5-6-8-17/h9-10H,5-8H2,1-4H3,(H2,21,22,23). The maximum atomic E-state index is 15.4. The van der Waals surface area contributed by atoms with E-state index in [2.05, 4.69) is 0 Å². The van der Waals surface area contributed by atoms with Crippen molar-refractivity contribution < 1.29 is 26.5 Å². The Bertz CT molecular complexity index is 819. The molecule has 26 heavy (non-hydrogen) atoms. The lowest BCUT2D eigenvalue weighted by Gasteiger charge is -2.32. The average molecular weight is 387 g/mol. The van der Waals surface area contributed by atoms with E-state index in [1.54, 1.807) is 27.7 Å². The minimum Gasteiger partial charge on any atom is -0.399 e. The summed E-state index contributed by atoms with van der Waals surface area (Å²) in [6, 6.07) is 1.92. The number of hydrogen-bond acceptors (Lipinski definition) is 4. The van der Waals surface area contributed by atoms with Crippen LogP contribution >= 0.6 is 0 Å². The lowest BCUT2D eigenvalue weighted by Crippen LogP contribution is -2.43. The Hall–Kier alpha value is -1.03. The number of sulfonamides is 1. The Labute approximate surface area is 153 Å². The van der Waals surface area contributed by atoms with Crippen LogP contribution in [-0.2, 0) is 24.1 Å². The highest BCUT2D eigenvalue weighted by Gasteiger charge is 2.54. The van der Waals surface area contributed by atoms with Crippen molar-refractivity contribution in [1.29, 1.82) is 0 Å². The van der Waals surface area contributed by atoms with Gasteiger partial charge in [-0.05, 0) is 52.7 Å². The van der Waals surface area contributed by atoms with Crippen molar-refractivity contribution in [3.05, 3.63) is 29.3 Å². The summed E-state index contributed by atoms with van der Waals surface area (Å²) in [5, 5.41) is 5.44. The first-order valence-corrected chi connectivity index (χ1v) is 10.2. The van der Waals surface area contributed by atoms with Crippen molar-refractivity contribution >= 4 is 22.6 Å². The highest BCUT2D eigenvalue weighted by molar-refractivity contribution is 7.90. The molecule has 1 aliphatic heterocycles. The van der Waals surface area contributed by atoms with Crippen molar-refractivity contribution in [1.82, 2.24) is 0 Å². The summed E-state index contributed by atoms with van der Waals surface area (Å²) in [6.07, 6.45) is 1.49. The fourth-order valence-corrected chi connectivity index (χ4v) is 5.05. The summed E-state index contributed by atoms with van der Waals surface area (Å²) in [4.78, 5) is 0. The molecule has 2 aliphatic rings. The van der Waals surface area contributed by atoms with Gasteiger partial charge >= 0.3 is 7.12 Å². The topological polar surface area (TPSA) is 78.6 Å². The quantitative estimate of drug-likeness (QED) is 0.808. The Morgan fingerprint density at radius 1 is 1.04 bits per heavy atom. The third-order valence-electron chi connectivity index (χ3n) is 6.02. The van der Waals surface area contributed by atoms with Crippen LogP contribution in [0.15, 0.2) is 12.1 Å². The fourth-order valence-electron chi connectivity index (χ4n) is 3.74. The zero-order valence-electron chi connectivity index (χ0n) is 15.4. The molecule has 0 unspecified atom stereocenters. The number of primary sulfonamides is 1. The van der Waals surface area contributed by atoms with Gasteiger partial charge in [0.15, 0.2) is 0 Å². The van der Waals surface area contributed by atoms with Crippen LogP contribution in [-0.4, -0.2) is 26.7 Å². The molecule has 1 aromatic carbocycles. The molecular weight excluding hydrogens is 363 g/mol. The van der Waals surface area contributed by atoms with Crippen LogP contribution < -0.4 is 10.6 Å². The molecule has 0 aromatic heterocycles. The first-order valence-electron chi connectivity index (χ1n) is 8.68. The van der Waals surface area contributed by atoms with Gasteiger partial charge < -0.3 is 9.31 Å². The van der Waals surface area contributed by atoms with Gasteiger partial charge in [0.25, 0.3) is 0 Å². The van der Waals surface area contributed by atoms with Crippen LogP contribution in [0.5, 0.6) is 0 Å². The van der Waals surface area contributed by atoms with Gasteiger partial charge in [-0.3, -0.25) is 0 Å². The molecule has 0 spiro atoms. The maximum absolute atomic E-state index is 15.4. The summed E-state index contributed by atoms with van der Waals surface area (Å²) in [5.74, 6) is -1.58. The lowest BCUT2D eigenvalue weighted by atomic mass is 9.76. The Morgan fingerprint density at radius 2 is 1.54 bits per heavy atom. The predicted octanol–water partition coefficient (Wildman–Crippen LogP) is 2.32. The number of halogens is 2. The number of rotatable bonds is 3. The third-order valence-corrected chi connectivity index (χ3v) is 7.74. The zero-order chi connectivity index (χ0) is 19.5. The van der Waals surface area contributed by atoms with Crippen molar-refractivity contribution in [3.8, 4) is 0 Å². The normalized spacial score (nSPS) is 24.2. The molecular formula is C17H24BF2NO4S. The van der Waals surface area contributed by atoms with E-state index in [0.717, 1.165) is 12.1 Å². The molecule has 1 saturated heterocycles. The number of hydrogen-bond donors (Lipinski definition) is 1. The van der Waals surface area contributed by atoms with Crippen molar-refractivity contribution in [2.24, 2.45) is 5.14 Å². The van der Waals surface area contributed by atoms with E-state index in [4.69, 9.17) is 14.4 Å². The van der Waals surface area contributed by atoms with E-state index in [1.165, 1.54) is 0 Å². The predicted molar refractivity (Wildman–Crippen MR) is 95.3 cm³/mol. The second-order valence-electron chi connectivity index (χ2n) is 8.19.